The van der Waals surface area contributed by atoms with Crippen LogP contribution >= 0.6 is 0 Å². The van der Waals surface area contributed by atoms with E-state index in [1.54, 1.807) is 0 Å². The lowest BCUT2D eigenvalue weighted by molar-refractivity contribution is 0.613. The summed E-state index contributed by atoms with van der Waals surface area (Å²) in [6, 6.07) is 2.39. The van der Waals surface area contributed by atoms with Crippen LogP contribution in [0, 0.1) is 0 Å². The summed E-state index contributed by atoms with van der Waals surface area (Å²) < 4.78 is 24.9. The molecule has 0 aromatic rings. The third kappa shape index (κ3) is 2.12. The maximum atomic E-state index is 13.0. The van der Waals surface area contributed by atoms with Gasteiger partial charge in [0.1, 0.15) is 19.9 Å². The van der Waals surface area contributed by atoms with Crippen LogP contribution in [0.4, 0.5) is 8.78 Å². The first-order chi connectivity index (χ1) is 5.16. The van der Waals surface area contributed by atoms with E-state index in [1.807, 2.05) is 20.8 Å². The van der Waals surface area contributed by atoms with E-state index in [4.69, 9.17) is 0 Å². The molecular weight excluding hydrogens is 162 g/mol. The molecule has 0 unspecified atom stereocenters. The van der Waals surface area contributed by atoms with Crippen molar-refractivity contribution in [1.29, 1.82) is 0 Å². The van der Waals surface area contributed by atoms with E-state index in [9.17, 15) is 8.78 Å². The van der Waals surface area contributed by atoms with Crippen molar-refractivity contribution in [2.45, 2.75) is 38.9 Å². The van der Waals surface area contributed by atoms with Crippen LogP contribution in [0.2, 0.25) is 18.1 Å². The summed E-state index contributed by atoms with van der Waals surface area (Å²) >= 11 is 0. The average molecular weight is 178 g/mol. The highest BCUT2D eigenvalue weighted by molar-refractivity contribution is 6.85. The van der Waals surface area contributed by atoms with Crippen LogP contribution in [-0.4, -0.2) is 8.07 Å². The minimum atomic E-state index is -2.00. The van der Waals surface area contributed by atoms with Gasteiger partial charge in [0.15, 0.2) is 0 Å². The van der Waals surface area contributed by atoms with Crippen LogP contribution in [0.25, 0.3) is 0 Å². The Kier molecular flexibility index (Phi) is 4.57. The Labute approximate surface area is 68.3 Å². The van der Waals surface area contributed by atoms with Crippen molar-refractivity contribution in [3.05, 3.63) is 11.8 Å². The number of rotatable bonds is 4. The van der Waals surface area contributed by atoms with Crippen molar-refractivity contribution in [1.82, 2.24) is 0 Å². The van der Waals surface area contributed by atoms with Crippen LogP contribution in [0.3, 0.4) is 0 Å². The largest absolute Gasteiger partial charge is 0.215 e. The maximum absolute atomic E-state index is 13.0. The van der Waals surface area contributed by atoms with E-state index < -0.39 is 13.5 Å². The number of hydrogen-bond donors (Lipinski definition) is 0. The van der Waals surface area contributed by atoms with Crippen molar-refractivity contribution < 1.29 is 8.78 Å². The quantitative estimate of drug-likeness (QED) is 0.574. The predicted molar refractivity (Wildman–Crippen MR) is 47.5 cm³/mol. The zero-order chi connectivity index (χ0) is 8.91. The first kappa shape index (κ1) is 10.8. The molecule has 0 aliphatic carbocycles. The highest BCUT2D eigenvalue weighted by Crippen LogP contribution is 2.29. The summed E-state index contributed by atoms with van der Waals surface area (Å²) in [4.78, 5) is 0. The monoisotopic (exact) mass is 178 g/mol. The van der Waals surface area contributed by atoms with Gasteiger partial charge in [-0.25, -0.2) is 8.78 Å². The van der Waals surface area contributed by atoms with Crippen LogP contribution in [0.5, 0.6) is 0 Å². The Morgan fingerprint density at radius 2 is 1.55 bits per heavy atom. The molecule has 0 rings (SSSR count). The van der Waals surface area contributed by atoms with Crippen molar-refractivity contribution in [3.8, 4) is 0 Å². The summed E-state index contributed by atoms with van der Waals surface area (Å²) in [5, 5.41) is 0. The summed E-state index contributed by atoms with van der Waals surface area (Å²) in [5.74, 6) is 0. The van der Waals surface area contributed by atoms with E-state index in [-0.39, 0.29) is 6.33 Å². The van der Waals surface area contributed by atoms with Gasteiger partial charge in [-0.15, -0.1) is 0 Å². The average Bonchev–Trinajstić information content (AvgIpc) is 2.08. The smallest absolute Gasteiger partial charge is 0.126 e. The molecule has 0 nitrogen and oxygen atoms in total. The van der Waals surface area contributed by atoms with Crippen LogP contribution in [-0.2, 0) is 0 Å². The normalized spacial score (nSPS) is 13.7. The van der Waals surface area contributed by atoms with Gasteiger partial charge in [0.2, 0.25) is 0 Å². The summed E-state index contributed by atoms with van der Waals surface area (Å²) in [6.45, 7) is 5.84. The molecular formula is C8H16F2Si. The zero-order valence-electron chi connectivity index (χ0n) is 7.45. The first-order valence-electron chi connectivity index (χ1n) is 4.13. The maximum Gasteiger partial charge on any atom is 0.126 e. The molecule has 0 saturated heterocycles. The molecule has 0 N–H and O–H groups in total. The molecule has 0 spiro atoms. The predicted octanol–water partition coefficient (Wildman–Crippen LogP) is 3.81. The lowest BCUT2D eigenvalue weighted by atomic mass is 10.9. The Morgan fingerprint density at radius 1 is 1.18 bits per heavy atom. The summed E-state index contributed by atoms with van der Waals surface area (Å²) in [7, 11) is -2.00. The molecule has 0 saturated carbocycles. The van der Waals surface area contributed by atoms with Crippen LogP contribution < -0.4 is 0 Å². The van der Waals surface area contributed by atoms with Gasteiger partial charge in [-0.1, -0.05) is 38.9 Å². The highest BCUT2D eigenvalue weighted by Gasteiger charge is 2.32. The second-order valence-electron chi connectivity index (χ2n) is 2.80. The van der Waals surface area contributed by atoms with E-state index in [0.717, 1.165) is 18.1 Å². The zero-order valence-corrected chi connectivity index (χ0v) is 8.45. The molecule has 66 valence electrons. The third-order valence-electron chi connectivity index (χ3n) is 2.63. The molecule has 0 aliphatic heterocycles. The lowest BCUT2D eigenvalue weighted by Crippen LogP contribution is -2.32. The lowest BCUT2D eigenvalue weighted by Gasteiger charge is -2.24. The molecule has 0 bridgehead atoms. The molecule has 0 atom stereocenters. The molecule has 0 heterocycles. The van der Waals surface area contributed by atoms with E-state index in [0.29, 0.717) is 0 Å². The molecule has 0 amide bonds. The number of halogens is 2. The second-order valence-corrected chi connectivity index (χ2v) is 7.96. The van der Waals surface area contributed by atoms with Gasteiger partial charge in [0.05, 0.1) is 0 Å². The number of hydrogen-bond acceptors (Lipinski definition) is 0. The minimum absolute atomic E-state index is 0.155. The third-order valence-corrected chi connectivity index (χ3v) is 7.82. The fraction of sp³-hybridized carbons (Fsp3) is 0.750. The van der Waals surface area contributed by atoms with Crippen molar-refractivity contribution in [3.63, 3.8) is 0 Å². The van der Waals surface area contributed by atoms with Gasteiger partial charge in [0, 0.05) is 0 Å². The first-order valence-corrected chi connectivity index (χ1v) is 6.75. The molecule has 0 radical (unpaired) electrons. The van der Waals surface area contributed by atoms with E-state index >= 15 is 0 Å². The SMILES string of the molecule is CC[Si](CC)(CC)/C(F)=C\F. The van der Waals surface area contributed by atoms with Crippen molar-refractivity contribution >= 4 is 8.07 Å². The van der Waals surface area contributed by atoms with Crippen molar-refractivity contribution in [2.24, 2.45) is 0 Å². The molecule has 0 aromatic heterocycles. The molecule has 11 heavy (non-hydrogen) atoms. The van der Waals surface area contributed by atoms with Gasteiger partial charge in [-0.2, -0.15) is 0 Å². The van der Waals surface area contributed by atoms with Gasteiger partial charge >= 0.3 is 0 Å². The molecule has 3 heteroatoms. The topological polar surface area (TPSA) is 0 Å². The molecule has 0 aromatic carbocycles. The molecule has 0 aliphatic rings. The summed E-state index contributed by atoms with van der Waals surface area (Å²) in [5.41, 5.74) is -0.468. The van der Waals surface area contributed by atoms with Crippen LogP contribution in [0.1, 0.15) is 20.8 Å². The van der Waals surface area contributed by atoms with Gasteiger partial charge in [-0.3, -0.25) is 0 Å². The Balaban J connectivity index is 4.54. The van der Waals surface area contributed by atoms with Gasteiger partial charge in [-0.05, 0) is 0 Å². The molecule has 0 fully saturated rings. The van der Waals surface area contributed by atoms with Crippen LogP contribution in [0.15, 0.2) is 11.8 Å². The Bertz CT molecular complexity index is 131. The highest BCUT2D eigenvalue weighted by atomic mass is 28.3. The standard InChI is InChI=1S/C8H16F2Si/c1-4-11(5-2,6-3)8(10)7-9/h7H,4-6H2,1-3H3/b8-7-. The Hall–Kier alpha value is -0.183. The summed E-state index contributed by atoms with van der Waals surface area (Å²) in [6.07, 6.45) is 0.155. The Morgan fingerprint density at radius 3 is 1.64 bits per heavy atom. The van der Waals surface area contributed by atoms with Gasteiger partial charge < -0.3 is 0 Å². The van der Waals surface area contributed by atoms with E-state index in [2.05, 4.69) is 0 Å². The van der Waals surface area contributed by atoms with Crippen molar-refractivity contribution in [2.75, 3.05) is 0 Å². The fourth-order valence-corrected chi connectivity index (χ4v) is 4.12. The van der Waals surface area contributed by atoms with Gasteiger partial charge in [0.25, 0.3) is 0 Å². The van der Waals surface area contributed by atoms with E-state index in [1.165, 1.54) is 0 Å². The second kappa shape index (κ2) is 4.65. The fourth-order valence-electron chi connectivity index (χ4n) is 1.37. The minimum Gasteiger partial charge on any atom is -0.215 e.